The van der Waals surface area contributed by atoms with E-state index in [1.54, 1.807) is 13.2 Å². The Morgan fingerprint density at radius 1 is 1.39 bits per heavy atom. The standard InChI is InChI=1S/C13H17BrO4/c1-13(2,17-3)4-5-18-11-7-9(12(15)16)6-10(14)8-11/h6-8H,4-5H2,1-3H3,(H,15,16). The molecule has 0 aliphatic carbocycles. The van der Waals surface area contributed by atoms with E-state index in [0.717, 1.165) is 6.42 Å². The van der Waals surface area contributed by atoms with Crippen LogP contribution in [0.5, 0.6) is 5.75 Å². The molecule has 0 amide bonds. The van der Waals surface area contributed by atoms with Crippen LogP contribution < -0.4 is 4.74 Å². The number of aromatic carboxylic acids is 1. The van der Waals surface area contributed by atoms with Gasteiger partial charge in [-0.25, -0.2) is 4.79 Å². The summed E-state index contributed by atoms with van der Waals surface area (Å²) in [4.78, 5) is 10.9. The van der Waals surface area contributed by atoms with E-state index in [9.17, 15) is 4.79 Å². The maximum absolute atomic E-state index is 10.9. The number of ether oxygens (including phenoxy) is 2. The van der Waals surface area contributed by atoms with Crippen LogP contribution in [0.3, 0.4) is 0 Å². The molecule has 0 aliphatic rings. The molecule has 0 saturated carbocycles. The molecule has 0 aliphatic heterocycles. The van der Waals surface area contributed by atoms with Gasteiger partial charge >= 0.3 is 5.97 Å². The van der Waals surface area contributed by atoms with Crippen molar-refractivity contribution in [2.45, 2.75) is 25.9 Å². The molecule has 5 heteroatoms. The maximum atomic E-state index is 10.9. The Hall–Kier alpha value is -1.07. The SMILES string of the molecule is COC(C)(C)CCOc1cc(Br)cc(C(=O)O)c1. The summed E-state index contributed by atoms with van der Waals surface area (Å²) in [5.74, 6) is -0.438. The summed E-state index contributed by atoms with van der Waals surface area (Å²) in [6.45, 7) is 4.41. The van der Waals surface area contributed by atoms with E-state index < -0.39 is 5.97 Å². The van der Waals surface area contributed by atoms with E-state index in [4.69, 9.17) is 14.6 Å². The summed E-state index contributed by atoms with van der Waals surface area (Å²) in [6, 6.07) is 4.79. The number of halogens is 1. The lowest BCUT2D eigenvalue weighted by Crippen LogP contribution is -2.25. The van der Waals surface area contributed by atoms with Crippen molar-refractivity contribution in [2.24, 2.45) is 0 Å². The van der Waals surface area contributed by atoms with Crippen LogP contribution in [0.4, 0.5) is 0 Å². The fourth-order valence-corrected chi connectivity index (χ4v) is 1.76. The highest BCUT2D eigenvalue weighted by atomic mass is 79.9. The molecule has 1 aromatic carbocycles. The van der Waals surface area contributed by atoms with E-state index in [2.05, 4.69) is 15.9 Å². The quantitative estimate of drug-likeness (QED) is 0.874. The molecule has 18 heavy (non-hydrogen) atoms. The Kier molecular flexibility index (Phi) is 5.16. The molecule has 1 aromatic rings. The van der Waals surface area contributed by atoms with Gasteiger partial charge in [-0.15, -0.1) is 0 Å². The van der Waals surface area contributed by atoms with Crippen LogP contribution in [0, 0.1) is 0 Å². The number of carbonyl (C=O) groups is 1. The zero-order valence-electron chi connectivity index (χ0n) is 10.7. The molecule has 0 unspecified atom stereocenters. The Bertz CT molecular complexity index is 429. The van der Waals surface area contributed by atoms with Crippen LogP contribution in [0.2, 0.25) is 0 Å². The summed E-state index contributed by atoms with van der Waals surface area (Å²) in [7, 11) is 1.65. The molecule has 4 nitrogen and oxygen atoms in total. The molecular formula is C13H17BrO4. The van der Waals surface area contributed by atoms with Gasteiger partial charge in [0.15, 0.2) is 0 Å². The molecule has 1 N–H and O–H groups in total. The lowest BCUT2D eigenvalue weighted by atomic mass is 10.1. The van der Waals surface area contributed by atoms with Crippen molar-refractivity contribution in [1.82, 2.24) is 0 Å². The molecular weight excluding hydrogens is 300 g/mol. The second-order valence-electron chi connectivity index (χ2n) is 4.54. The van der Waals surface area contributed by atoms with E-state index >= 15 is 0 Å². The van der Waals surface area contributed by atoms with E-state index in [0.29, 0.717) is 16.8 Å². The van der Waals surface area contributed by atoms with Gasteiger partial charge in [-0.05, 0) is 32.0 Å². The van der Waals surface area contributed by atoms with Crippen molar-refractivity contribution in [1.29, 1.82) is 0 Å². The summed E-state index contributed by atoms with van der Waals surface area (Å²) >= 11 is 3.26. The molecule has 0 fully saturated rings. The Balaban J connectivity index is 2.65. The molecule has 0 bridgehead atoms. The van der Waals surface area contributed by atoms with Crippen molar-refractivity contribution < 1.29 is 19.4 Å². The van der Waals surface area contributed by atoms with Gasteiger partial charge in [0.05, 0.1) is 17.8 Å². The summed E-state index contributed by atoms with van der Waals surface area (Å²) in [5, 5.41) is 8.93. The Morgan fingerprint density at radius 2 is 2.06 bits per heavy atom. The molecule has 0 heterocycles. The Labute approximate surface area is 115 Å². The van der Waals surface area contributed by atoms with Crippen molar-refractivity contribution in [3.05, 3.63) is 28.2 Å². The topological polar surface area (TPSA) is 55.8 Å². The molecule has 0 saturated heterocycles. The van der Waals surface area contributed by atoms with Crippen LogP contribution in [0.1, 0.15) is 30.6 Å². The van der Waals surface area contributed by atoms with Gasteiger partial charge in [-0.2, -0.15) is 0 Å². The largest absolute Gasteiger partial charge is 0.493 e. The van der Waals surface area contributed by atoms with Gasteiger partial charge < -0.3 is 14.6 Å². The number of hydrogen-bond acceptors (Lipinski definition) is 3. The summed E-state index contributed by atoms with van der Waals surface area (Å²) in [5.41, 5.74) is -0.0489. The van der Waals surface area contributed by atoms with Gasteiger partial charge in [-0.3, -0.25) is 0 Å². The lowest BCUT2D eigenvalue weighted by Gasteiger charge is -2.22. The third-order valence-electron chi connectivity index (χ3n) is 2.64. The van der Waals surface area contributed by atoms with Crippen LogP contribution in [-0.4, -0.2) is 30.4 Å². The highest BCUT2D eigenvalue weighted by Crippen LogP contribution is 2.22. The van der Waals surface area contributed by atoms with Crippen molar-refractivity contribution in [3.63, 3.8) is 0 Å². The van der Waals surface area contributed by atoms with E-state index in [1.165, 1.54) is 12.1 Å². The van der Waals surface area contributed by atoms with Crippen molar-refractivity contribution in [3.8, 4) is 5.75 Å². The van der Waals surface area contributed by atoms with Gasteiger partial charge in [0, 0.05) is 18.0 Å². The monoisotopic (exact) mass is 316 g/mol. The fraction of sp³-hybridized carbons (Fsp3) is 0.462. The Morgan fingerprint density at radius 3 is 2.61 bits per heavy atom. The zero-order chi connectivity index (χ0) is 13.8. The van der Waals surface area contributed by atoms with Gasteiger partial charge in [0.25, 0.3) is 0 Å². The zero-order valence-corrected chi connectivity index (χ0v) is 12.3. The summed E-state index contributed by atoms with van der Waals surface area (Å²) < 4.78 is 11.5. The van der Waals surface area contributed by atoms with Crippen molar-refractivity contribution in [2.75, 3.05) is 13.7 Å². The maximum Gasteiger partial charge on any atom is 0.335 e. The highest BCUT2D eigenvalue weighted by Gasteiger charge is 2.16. The minimum atomic E-state index is -0.974. The molecule has 100 valence electrons. The first-order valence-electron chi connectivity index (χ1n) is 5.56. The minimum absolute atomic E-state index is 0.199. The van der Waals surface area contributed by atoms with E-state index in [-0.39, 0.29) is 11.2 Å². The number of carboxylic acids is 1. The van der Waals surface area contributed by atoms with Crippen LogP contribution in [0.15, 0.2) is 22.7 Å². The smallest absolute Gasteiger partial charge is 0.335 e. The molecule has 0 radical (unpaired) electrons. The average molecular weight is 317 g/mol. The highest BCUT2D eigenvalue weighted by molar-refractivity contribution is 9.10. The van der Waals surface area contributed by atoms with Gasteiger partial charge in [-0.1, -0.05) is 15.9 Å². The number of hydrogen-bond donors (Lipinski definition) is 1. The van der Waals surface area contributed by atoms with Gasteiger partial charge in [0.1, 0.15) is 5.75 Å². The number of rotatable bonds is 6. The molecule has 0 spiro atoms. The number of methoxy groups -OCH3 is 1. The third kappa shape index (κ3) is 4.66. The van der Waals surface area contributed by atoms with E-state index in [1.807, 2.05) is 13.8 Å². The second kappa shape index (κ2) is 6.20. The predicted molar refractivity (Wildman–Crippen MR) is 72.3 cm³/mol. The molecule has 0 atom stereocenters. The van der Waals surface area contributed by atoms with Crippen LogP contribution in [0.25, 0.3) is 0 Å². The molecule has 0 aromatic heterocycles. The van der Waals surface area contributed by atoms with Gasteiger partial charge in [0.2, 0.25) is 0 Å². The first kappa shape index (κ1) is 15.0. The van der Waals surface area contributed by atoms with Crippen molar-refractivity contribution >= 4 is 21.9 Å². The first-order valence-corrected chi connectivity index (χ1v) is 6.35. The third-order valence-corrected chi connectivity index (χ3v) is 3.10. The van der Waals surface area contributed by atoms with Crippen LogP contribution >= 0.6 is 15.9 Å². The van der Waals surface area contributed by atoms with Crippen LogP contribution in [-0.2, 0) is 4.74 Å². The first-order chi connectivity index (χ1) is 8.34. The number of benzene rings is 1. The second-order valence-corrected chi connectivity index (χ2v) is 5.46. The number of carboxylic acid groups (broad SMARTS) is 1. The molecule has 1 rings (SSSR count). The normalized spacial score (nSPS) is 11.3. The fourth-order valence-electron chi connectivity index (χ4n) is 1.29. The lowest BCUT2D eigenvalue weighted by molar-refractivity contribution is 0.00542. The summed E-state index contributed by atoms with van der Waals surface area (Å²) in [6.07, 6.45) is 0.721. The predicted octanol–water partition coefficient (Wildman–Crippen LogP) is 3.34. The minimum Gasteiger partial charge on any atom is -0.493 e. The average Bonchev–Trinajstić information content (AvgIpc) is 2.28.